The van der Waals surface area contributed by atoms with E-state index in [0.717, 1.165) is 39.1 Å². The molecule has 0 bridgehead atoms. The fraction of sp³-hybridized carbons (Fsp3) is 0.231. The van der Waals surface area contributed by atoms with Gasteiger partial charge in [0.2, 0.25) is 0 Å². The minimum Gasteiger partial charge on any atom is -0.441 e. The maximum absolute atomic E-state index is 5.47. The van der Waals surface area contributed by atoms with Crippen LogP contribution in [-0.4, -0.2) is 22.2 Å². The highest BCUT2D eigenvalue weighted by atomic mass is 79.9. The van der Waals surface area contributed by atoms with Gasteiger partial charge >= 0.3 is 0 Å². The zero-order valence-corrected chi connectivity index (χ0v) is 12.2. The second-order valence-electron chi connectivity index (χ2n) is 4.31. The van der Waals surface area contributed by atoms with Gasteiger partial charge in [-0.25, -0.2) is 4.98 Å². The number of aromatic amines is 1. The van der Waals surface area contributed by atoms with Gasteiger partial charge in [0.15, 0.2) is 11.5 Å². The molecule has 0 saturated heterocycles. The quantitative estimate of drug-likeness (QED) is 0.778. The lowest BCUT2D eigenvalue weighted by atomic mass is 10.1. The Kier molecular flexibility index (Phi) is 3.12. The molecule has 6 heteroatoms. The first-order valence-corrected chi connectivity index (χ1v) is 6.73. The molecule has 0 aliphatic rings. The molecule has 1 aromatic carbocycles. The molecule has 0 radical (unpaired) electrons. The standard InChI is InChI=1S/C13H13BrN4O/c1-7-16-9-5-8(3-4-11(9)19-7)13-12(14)10(6-15-2)17-18-13/h3-5,15H,6H2,1-2H3,(H,17,18). The van der Waals surface area contributed by atoms with Gasteiger partial charge < -0.3 is 9.73 Å². The summed E-state index contributed by atoms with van der Waals surface area (Å²) in [4.78, 5) is 4.34. The van der Waals surface area contributed by atoms with Crippen molar-refractivity contribution in [1.29, 1.82) is 0 Å². The first-order chi connectivity index (χ1) is 9.19. The summed E-state index contributed by atoms with van der Waals surface area (Å²) < 4.78 is 6.45. The Morgan fingerprint density at radius 3 is 3.05 bits per heavy atom. The third-order valence-electron chi connectivity index (χ3n) is 2.90. The minimum absolute atomic E-state index is 0.670. The minimum atomic E-state index is 0.670. The number of nitrogens with zero attached hydrogens (tertiary/aromatic N) is 2. The molecule has 0 aliphatic carbocycles. The van der Waals surface area contributed by atoms with E-state index in [1.54, 1.807) is 0 Å². The van der Waals surface area contributed by atoms with Crippen LogP contribution in [0.2, 0.25) is 0 Å². The Balaban J connectivity index is 2.08. The number of aryl methyl sites for hydroxylation is 1. The Hall–Kier alpha value is -1.66. The highest BCUT2D eigenvalue weighted by molar-refractivity contribution is 9.10. The lowest BCUT2D eigenvalue weighted by Crippen LogP contribution is -2.05. The smallest absolute Gasteiger partial charge is 0.192 e. The second kappa shape index (κ2) is 4.79. The Morgan fingerprint density at radius 2 is 2.26 bits per heavy atom. The van der Waals surface area contributed by atoms with E-state index in [-0.39, 0.29) is 0 Å². The van der Waals surface area contributed by atoms with Crippen LogP contribution in [0.4, 0.5) is 0 Å². The van der Waals surface area contributed by atoms with Crippen molar-refractivity contribution in [3.05, 3.63) is 34.3 Å². The topological polar surface area (TPSA) is 66.7 Å². The van der Waals surface area contributed by atoms with Crippen molar-refractivity contribution in [3.63, 3.8) is 0 Å². The Labute approximate surface area is 118 Å². The number of aromatic nitrogens is 3. The van der Waals surface area contributed by atoms with E-state index in [4.69, 9.17) is 4.42 Å². The molecule has 2 aromatic heterocycles. The van der Waals surface area contributed by atoms with Gasteiger partial charge in [0, 0.05) is 19.0 Å². The van der Waals surface area contributed by atoms with Crippen LogP contribution in [0, 0.1) is 6.92 Å². The van der Waals surface area contributed by atoms with Crippen molar-refractivity contribution in [2.75, 3.05) is 7.05 Å². The number of oxazole rings is 1. The van der Waals surface area contributed by atoms with Gasteiger partial charge in [-0.3, -0.25) is 5.10 Å². The molecule has 0 spiro atoms. The first-order valence-electron chi connectivity index (χ1n) is 5.94. The van der Waals surface area contributed by atoms with E-state index < -0.39 is 0 Å². The lowest BCUT2D eigenvalue weighted by Gasteiger charge is -1.98. The van der Waals surface area contributed by atoms with Crippen LogP contribution in [0.5, 0.6) is 0 Å². The summed E-state index contributed by atoms with van der Waals surface area (Å²) >= 11 is 3.58. The maximum atomic E-state index is 5.47. The summed E-state index contributed by atoms with van der Waals surface area (Å²) in [5.41, 5.74) is 4.55. The van der Waals surface area contributed by atoms with E-state index >= 15 is 0 Å². The summed E-state index contributed by atoms with van der Waals surface area (Å²) in [7, 11) is 1.90. The fourth-order valence-corrected chi connectivity index (χ4v) is 2.59. The van der Waals surface area contributed by atoms with Crippen LogP contribution in [0.25, 0.3) is 22.4 Å². The lowest BCUT2D eigenvalue weighted by molar-refractivity contribution is 0.561. The van der Waals surface area contributed by atoms with Gasteiger partial charge in [0.1, 0.15) is 11.2 Å². The number of H-pyrrole nitrogens is 1. The van der Waals surface area contributed by atoms with Crippen molar-refractivity contribution in [1.82, 2.24) is 20.5 Å². The number of nitrogens with one attached hydrogen (secondary N) is 2. The van der Waals surface area contributed by atoms with Gasteiger partial charge in [-0.1, -0.05) is 0 Å². The average Bonchev–Trinajstić information content (AvgIpc) is 2.92. The monoisotopic (exact) mass is 320 g/mol. The third-order valence-corrected chi connectivity index (χ3v) is 3.75. The summed E-state index contributed by atoms with van der Waals surface area (Å²) in [6.45, 7) is 2.58. The van der Waals surface area contributed by atoms with Crippen LogP contribution in [0.1, 0.15) is 11.6 Å². The van der Waals surface area contributed by atoms with Crippen molar-refractivity contribution in [2.45, 2.75) is 13.5 Å². The number of halogens is 1. The Morgan fingerprint density at radius 1 is 1.42 bits per heavy atom. The molecule has 98 valence electrons. The number of hydrogen-bond donors (Lipinski definition) is 2. The molecular formula is C13H13BrN4O. The Bertz CT molecular complexity index is 731. The van der Waals surface area contributed by atoms with E-state index in [2.05, 4.69) is 36.4 Å². The van der Waals surface area contributed by atoms with Crippen LogP contribution >= 0.6 is 15.9 Å². The molecule has 0 saturated carbocycles. The molecule has 3 aromatic rings. The maximum Gasteiger partial charge on any atom is 0.192 e. The first kappa shape index (κ1) is 12.4. The summed E-state index contributed by atoms with van der Waals surface area (Å²) in [6, 6.07) is 5.89. The average molecular weight is 321 g/mol. The zero-order chi connectivity index (χ0) is 13.4. The predicted octanol–water partition coefficient (Wildman–Crippen LogP) is 3.01. The molecule has 0 aliphatic heterocycles. The van der Waals surface area contributed by atoms with Crippen LogP contribution < -0.4 is 5.32 Å². The van der Waals surface area contributed by atoms with E-state index in [0.29, 0.717) is 5.89 Å². The predicted molar refractivity (Wildman–Crippen MR) is 76.8 cm³/mol. The molecule has 19 heavy (non-hydrogen) atoms. The van der Waals surface area contributed by atoms with Gasteiger partial charge in [0.25, 0.3) is 0 Å². The zero-order valence-electron chi connectivity index (χ0n) is 10.6. The van der Waals surface area contributed by atoms with Crippen molar-refractivity contribution >= 4 is 27.0 Å². The van der Waals surface area contributed by atoms with Gasteiger partial charge in [0.05, 0.1) is 10.2 Å². The van der Waals surface area contributed by atoms with E-state index in [1.165, 1.54) is 0 Å². The highest BCUT2D eigenvalue weighted by Gasteiger charge is 2.13. The van der Waals surface area contributed by atoms with Gasteiger partial charge in [-0.05, 0) is 41.2 Å². The van der Waals surface area contributed by atoms with E-state index in [1.807, 2.05) is 32.2 Å². The third kappa shape index (κ3) is 2.17. The number of fused-ring (bicyclic) bond motifs is 1. The largest absolute Gasteiger partial charge is 0.441 e. The molecule has 0 atom stereocenters. The molecule has 0 fully saturated rings. The molecular weight excluding hydrogens is 308 g/mol. The normalized spacial score (nSPS) is 11.3. The fourth-order valence-electron chi connectivity index (χ4n) is 2.04. The SMILES string of the molecule is CNCc1[nH]nc(-c2ccc3oc(C)nc3c2)c1Br. The van der Waals surface area contributed by atoms with Gasteiger partial charge in [-0.2, -0.15) is 5.10 Å². The van der Waals surface area contributed by atoms with Crippen molar-refractivity contribution < 1.29 is 4.42 Å². The van der Waals surface area contributed by atoms with Crippen LogP contribution in [-0.2, 0) is 6.54 Å². The number of benzene rings is 1. The molecule has 0 unspecified atom stereocenters. The second-order valence-corrected chi connectivity index (χ2v) is 5.10. The van der Waals surface area contributed by atoms with E-state index in [9.17, 15) is 0 Å². The summed E-state index contributed by atoms with van der Waals surface area (Å²) in [6.07, 6.45) is 0. The molecule has 5 nitrogen and oxygen atoms in total. The highest BCUT2D eigenvalue weighted by Crippen LogP contribution is 2.30. The summed E-state index contributed by atoms with van der Waals surface area (Å²) in [5, 5.41) is 10.5. The number of rotatable bonds is 3. The molecule has 2 N–H and O–H groups in total. The number of hydrogen-bond acceptors (Lipinski definition) is 4. The summed E-state index contributed by atoms with van der Waals surface area (Å²) in [5.74, 6) is 0.670. The van der Waals surface area contributed by atoms with Crippen LogP contribution in [0.3, 0.4) is 0 Å². The molecule has 2 heterocycles. The van der Waals surface area contributed by atoms with Gasteiger partial charge in [-0.15, -0.1) is 0 Å². The van der Waals surface area contributed by atoms with Crippen molar-refractivity contribution in [3.8, 4) is 11.3 Å². The molecule has 0 amide bonds. The van der Waals surface area contributed by atoms with Crippen molar-refractivity contribution in [2.24, 2.45) is 0 Å². The molecule has 3 rings (SSSR count). The van der Waals surface area contributed by atoms with Crippen LogP contribution in [0.15, 0.2) is 27.1 Å².